The van der Waals surface area contributed by atoms with E-state index in [-0.39, 0.29) is 0 Å². The number of benzene rings is 3. The molecule has 4 aromatic rings. The van der Waals surface area contributed by atoms with Gasteiger partial charge in [0.05, 0.1) is 7.11 Å². The molecule has 0 saturated carbocycles. The van der Waals surface area contributed by atoms with Crippen LogP contribution in [0.1, 0.15) is 23.8 Å². The summed E-state index contributed by atoms with van der Waals surface area (Å²) < 4.78 is 11.9. The molecule has 1 heterocycles. The number of rotatable bonds is 7. The van der Waals surface area contributed by atoms with Crippen LogP contribution in [0.5, 0.6) is 5.75 Å². The molecule has 29 heavy (non-hydrogen) atoms. The lowest BCUT2D eigenvalue weighted by Crippen LogP contribution is -2.22. The Morgan fingerprint density at radius 3 is 2.24 bits per heavy atom. The summed E-state index contributed by atoms with van der Waals surface area (Å²) in [7, 11) is 1.74. The molecule has 0 aliphatic carbocycles. The lowest BCUT2D eigenvalue weighted by atomic mass is 10.0. The van der Waals surface area contributed by atoms with Gasteiger partial charge in [0.25, 0.3) is 0 Å². The summed E-state index contributed by atoms with van der Waals surface area (Å²) in [5.41, 5.74) is 5.67. The molecule has 0 bridgehead atoms. The molecule has 1 aromatic heterocycles. The highest BCUT2D eigenvalue weighted by Crippen LogP contribution is 2.38. The van der Waals surface area contributed by atoms with E-state index in [0.29, 0.717) is 0 Å². The fraction of sp³-hybridized carbons (Fsp3) is 0.231. The predicted molar refractivity (Wildman–Crippen MR) is 119 cm³/mol. The summed E-state index contributed by atoms with van der Waals surface area (Å²) in [6.07, 6.45) is 0. The average molecular weight is 386 g/mol. The van der Waals surface area contributed by atoms with Gasteiger partial charge in [-0.1, -0.05) is 67.6 Å². The van der Waals surface area contributed by atoms with Gasteiger partial charge in [0.15, 0.2) is 0 Å². The summed E-state index contributed by atoms with van der Waals surface area (Å²) >= 11 is 0. The van der Waals surface area contributed by atoms with Crippen molar-refractivity contribution in [2.45, 2.75) is 26.9 Å². The third-order valence-corrected chi connectivity index (χ3v) is 5.42. The molecule has 0 fully saturated rings. The standard InChI is InChI=1S/C26H27NO2/c1-4-27(17-20-11-7-5-8-12-20)18-22-15-25-23(16-24(22)28-3)26(19(2)29-25)21-13-9-6-10-14-21/h5-16H,4,17-18H2,1-3H3. The first-order valence-corrected chi connectivity index (χ1v) is 10.1. The highest BCUT2D eigenvalue weighted by atomic mass is 16.5. The second kappa shape index (κ2) is 8.54. The summed E-state index contributed by atoms with van der Waals surface area (Å²) in [4.78, 5) is 2.41. The van der Waals surface area contributed by atoms with E-state index in [0.717, 1.165) is 58.8 Å². The first-order chi connectivity index (χ1) is 14.2. The molecule has 3 heteroatoms. The Labute approximate surface area is 172 Å². The van der Waals surface area contributed by atoms with E-state index in [4.69, 9.17) is 9.15 Å². The van der Waals surface area contributed by atoms with E-state index in [2.05, 4.69) is 78.6 Å². The lowest BCUT2D eigenvalue weighted by molar-refractivity contribution is 0.266. The summed E-state index contributed by atoms with van der Waals surface area (Å²) in [6.45, 7) is 6.90. The molecule has 0 aliphatic rings. The zero-order valence-corrected chi connectivity index (χ0v) is 17.3. The van der Waals surface area contributed by atoms with Crippen molar-refractivity contribution in [3.63, 3.8) is 0 Å². The molecule has 0 saturated heterocycles. The van der Waals surface area contributed by atoms with Crippen molar-refractivity contribution in [3.05, 3.63) is 89.7 Å². The third kappa shape index (κ3) is 4.06. The Hall–Kier alpha value is -3.04. The van der Waals surface area contributed by atoms with Crippen molar-refractivity contribution in [1.82, 2.24) is 4.90 Å². The molecule has 0 spiro atoms. The first-order valence-electron chi connectivity index (χ1n) is 10.1. The highest BCUT2D eigenvalue weighted by molar-refractivity contribution is 5.97. The van der Waals surface area contributed by atoms with E-state index >= 15 is 0 Å². The fourth-order valence-corrected chi connectivity index (χ4v) is 3.93. The minimum atomic E-state index is 0.810. The normalized spacial score (nSPS) is 11.3. The molecule has 0 radical (unpaired) electrons. The van der Waals surface area contributed by atoms with Gasteiger partial charge in [-0.25, -0.2) is 0 Å². The van der Waals surface area contributed by atoms with Crippen LogP contribution in [-0.4, -0.2) is 18.6 Å². The van der Waals surface area contributed by atoms with Crippen molar-refractivity contribution in [2.24, 2.45) is 0 Å². The number of fused-ring (bicyclic) bond motifs is 1. The molecular weight excluding hydrogens is 358 g/mol. The van der Waals surface area contributed by atoms with Gasteiger partial charge in [0, 0.05) is 29.6 Å². The Morgan fingerprint density at radius 1 is 0.897 bits per heavy atom. The number of hydrogen-bond acceptors (Lipinski definition) is 3. The van der Waals surface area contributed by atoms with Crippen LogP contribution in [0.3, 0.4) is 0 Å². The molecule has 0 unspecified atom stereocenters. The summed E-state index contributed by atoms with van der Waals surface area (Å²) in [5.74, 6) is 1.84. The van der Waals surface area contributed by atoms with Gasteiger partial charge in [-0.15, -0.1) is 0 Å². The highest BCUT2D eigenvalue weighted by Gasteiger charge is 2.17. The topological polar surface area (TPSA) is 25.6 Å². The average Bonchev–Trinajstić information content (AvgIpc) is 3.08. The fourth-order valence-electron chi connectivity index (χ4n) is 3.93. The second-order valence-corrected chi connectivity index (χ2v) is 7.35. The van der Waals surface area contributed by atoms with Crippen molar-refractivity contribution < 1.29 is 9.15 Å². The van der Waals surface area contributed by atoms with Crippen LogP contribution in [0.4, 0.5) is 0 Å². The zero-order chi connectivity index (χ0) is 20.2. The predicted octanol–water partition coefficient (Wildman–Crippen LogP) is 6.44. The first kappa shape index (κ1) is 19.3. The number of furan rings is 1. The van der Waals surface area contributed by atoms with E-state index < -0.39 is 0 Å². The summed E-state index contributed by atoms with van der Waals surface area (Å²) in [5, 5.41) is 1.10. The largest absolute Gasteiger partial charge is 0.496 e. The van der Waals surface area contributed by atoms with Gasteiger partial charge in [0.2, 0.25) is 0 Å². The van der Waals surface area contributed by atoms with Crippen molar-refractivity contribution in [2.75, 3.05) is 13.7 Å². The maximum Gasteiger partial charge on any atom is 0.135 e. The maximum atomic E-state index is 6.15. The van der Waals surface area contributed by atoms with E-state index in [1.807, 2.05) is 13.0 Å². The van der Waals surface area contributed by atoms with E-state index in [1.54, 1.807) is 7.11 Å². The van der Waals surface area contributed by atoms with Crippen LogP contribution in [0, 0.1) is 6.92 Å². The Bertz CT molecular complexity index is 1080. The van der Waals surface area contributed by atoms with Gasteiger partial charge in [-0.2, -0.15) is 0 Å². The van der Waals surface area contributed by atoms with Crippen LogP contribution >= 0.6 is 0 Å². The van der Waals surface area contributed by atoms with Gasteiger partial charge < -0.3 is 9.15 Å². The van der Waals surface area contributed by atoms with E-state index in [9.17, 15) is 0 Å². The van der Waals surface area contributed by atoms with Crippen LogP contribution in [0.2, 0.25) is 0 Å². The number of nitrogens with zero attached hydrogens (tertiary/aromatic N) is 1. The second-order valence-electron chi connectivity index (χ2n) is 7.35. The minimum Gasteiger partial charge on any atom is -0.496 e. The molecule has 3 nitrogen and oxygen atoms in total. The Balaban J connectivity index is 1.70. The molecule has 0 atom stereocenters. The molecule has 148 valence electrons. The molecule has 0 aliphatic heterocycles. The SMILES string of the molecule is CCN(Cc1ccccc1)Cc1cc2oc(C)c(-c3ccccc3)c2cc1OC. The van der Waals surface area contributed by atoms with E-state index in [1.165, 1.54) is 5.56 Å². The molecule has 0 N–H and O–H groups in total. The van der Waals surface area contributed by atoms with Crippen LogP contribution in [-0.2, 0) is 13.1 Å². The Morgan fingerprint density at radius 2 is 1.59 bits per heavy atom. The van der Waals surface area contributed by atoms with Crippen LogP contribution in [0.15, 0.2) is 77.2 Å². The molecule has 0 amide bonds. The van der Waals surface area contributed by atoms with Gasteiger partial charge in [0.1, 0.15) is 17.1 Å². The van der Waals surface area contributed by atoms with Crippen LogP contribution in [0.25, 0.3) is 22.1 Å². The van der Waals surface area contributed by atoms with Crippen LogP contribution < -0.4 is 4.74 Å². The zero-order valence-electron chi connectivity index (χ0n) is 17.3. The molecule has 4 rings (SSSR count). The molecular formula is C26H27NO2. The van der Waals surface area contributed by atoms with Gasteiger partial charge in [-0.3, -0.25) is 4.90 Å². The monoisotopic (exact) mass is 385 g/mol. The summed E-state index contributed by atoms with van der Waals surface area (Å²) in [6, 6.07) is 25.2. The maximum absolute atomic E-state index is 6.15. The number of aryl methyl sites for hydroxylation is 1. The molecule has 3 aromatic carbocycles. The van der Waals surface area contributed by atoms with Crippen molar-refractivity contribution in [3.8, 4) is 16.9 Å². The Kier molecular flexibility index (Phi) is 5.68. The minimum absolute atomic E-state index is 0.810. The number of hydrogen-bond donors (Lipinski definition) is 0. The van der Waals surface area contributed by atoms with Crippen molar-refractivity contribution in [1.29, 1.82) is 0 Å². The smallest absolute Gasteiger partial charge is 0.135 e. The van der Waals surface area contributed by atoms with Crippen molar-refractivity contribution >= 4 is 11.0 Å². The number of methoxy groups -OCH3 is 1. The van der Waals surface area contributed by atoms with Gasteiger partial charge >= 0.3 is 0 Å². The quantitative estimate of drug-likeness (QED) is 0.366. The lowest BCUT2D eigenvalue weighted by Gasteiger charge is -2.22. The van der Waals surface area contributed by atoms with Gasteiger partial charge in [-0.05, 0) is 36.7 Å². The number of ether oxygens (including phenoxy) is 1. The third-order valence-electron chi connectivity index (χ3n) is 5.42.